The van der Waals surface area contributed by atoms with Crippen molar-refractivity contribution in [3.63, 3.8) is 0 Å². The van der Waals surface area contributed by atoms with E-state index >= 15 is 0 Å². The first-order valence-electron chi connectivity index (χ1n) is 4.75. The number of nitrogens with zero attached hydrogens (tertiary/aromatic N) is 3. The summed E-state index contributed by atoms with van der Waals surface area (Å²) in [6.45, 7) is 1.86. The van der Waals surface area contributed by atoms with Crippen LogP contribution in [0.2, 0.25) is 5.02 Å². The second-order valence-electron chi connectivity index (χ2n) is 3.57. The zero-order valence-electron chi connectivity index (χ0n) is 8.94. The van der Waals surface area contributed by atoms with Crippen LogP contribution in [0.25, 0.3) is 0 Å². The predicted molar refractivity (Wildman–Crippen MR) is 60.6 cm³/mol. The Morgan fingerprint density at radius 2 is 2.19 bits per heavy atom. The molecule has 0 amide bonds. The molecule has 0 spiro atoms. The van der Waals surface area contributed by atoms with Gasteiger partial charge in [-0.3, -0.25) is 9.48 Å². The van der Waals surface area contributed by atoms with Gasteiger partial charge in [0.15, 0.2) is 5.69 Å². The van der Waals surface area contributed by atoms with Gasteiger partial charge in [0.2, 0.25) is 5.78 Å². The Hall–Kier alpha value is -1.68. The summed E-state index contributed by atoms with van der Waals surface area (Å²) in [7, 11) is 1.72. The molecule has 0 saturated heterocycles. The summed E-state index contributed by atoms with van der Waals surface area (Å²) in [6.07, 6.45) is 1.59. The number of hydrogen-bond acceptors (Lipinski definition) is 3. The van der Waals surface area contributed by atoms with Crippen LogP contribution >= 0.6 is 11.6 Å². The molecule has 0 radical (unpaired) electrons. The normalized spacial score (nSPS) is 10.4. The van der Waals surface area contributed by atoms with Crippen LogP contribution in [0.4, 0.5) is 0 Å². The molecule has 0 aliphatic carbocycles. The number of halogens is 1. The lowest BCUT2D eigenvalue weighted by Gasteiger charge is -2.02. The molecular formula is C11H10ClN3O. The molecule has 0 unspecified atom stereocenters. The fourth-order valence-corrected chi connectivity index (χ4v) is 1.60. The second kappa shape index (κ2) is 4.06. The fraction of sp³-hybridized carbons (Fsp3) is 0.182. The van der Waals surface area contributed by atoms with Gasteiger partial charge in [0.1, 0.15) is 0 Å². The molecule has 0 saturated carbocycles. The Balaban J connectivity index is 2.45. The lowest BCUT2D eigenvalue weighted by Crippen LogP contribution is -2.04. The van der Waals surface area contributed by atoms with E-state index in [-0.39, 0.29) is 5.78 Å². The van der Waals surface area contributed by atoms with E-state index in [1.165, 1.54) is 4.68 Å². The quantitative estimate of drug-likeness (QED) is 0.748. The Bertz CT molecular complexity index is 548. The Kier molecular flexibility index (Phi) is 2.75. The van der Waals surface area contributed by atoms with Crippen molar-refractivity contribution in [3.8, 4) is 0 Å². The highest BCUT2D eigenvalue weighted by Crippen LogP contribution is 2.17. The van der Waals surface area contributed by atoms with Crippen LogP contribution in [0.15, 0.2) is 24.4 Å². The van der Waals surface area contributed by atoms with E-state index in [1.54, 1.807) is 25.4 Å². The van der Waals surface area contributed by atoms with Gasteiger partial charge in [0, 0.05) is 17.6 Å². The highest BCUT2D eigenvalue weighted by Gasteiger charge is 2.15. The smallest absolute Gasteiger partial charge is 0.215 e. The van der Waals surface area contributed by atoms with Crippen LogP contribution in [0.5, 0.6) is 0 Å². The first kappa shape index (κ1) is 10.8. The van der Waals surface area contributed by atoms with Crippen LogP contribution < -0.4 is 0 Å². The maximum Gasteiger partial charge on any atom is 0.215 e. The van der Waals surface area contributed by atoms with Gasteiger partial charge in [-0.1, -0.05) is 22.9 Å². The van der Waals surface area contributed by atoms with Gasteiger partial charge in [-0.15, -0.1) is 5.10 Å². The molecule has 1 aromatic heterocycles. The molecule has 82 valence electrons. The zero-order chi connectivity index (χ0) is 11.7. The minimum atomic E-state index is -0.159. The number of aromatic nitrogens is 3. The first-order chi connectivity index (χ1) is 7.58. The molecule has 0 fully saturated rings. The third kappa shape index (κ3) is 1.97. The van der Waals surface area contributed by atoms with Crippen molar-refractivity contribution in [2.75, 3.05) is 0 Å². The summed E-state index contributed by atoms with van der Waals surface area (Å²) in [5.41, 5.74) is 1.76. The number of aryl methyl sites for hydroxylation is 2. The van der Waals surface area contributed by atoms with Gasteiger partial charge in [-0.25, -0.2) is 0 Å². The van der Waals surface area contributed by atoms with Crippen molar-refractivity contribution in [3.05, 3.63) is 46.2 Å². The molecular weight excluding hydrogens is 226 g/mol. The standard InChI is InChI=1S/C11H10ClN3O/c1-7-3-4-8(12)5-9(7)11(16)10-6-15(2)14-13-10/h3-6H,1-2H3. The largest absolute Gasteiger partial charge is 0.287 e. The average molecular weight is 236 g/mol. The van der Waals surface area contributed by atoms with E-state index < -0.39 is 0 Å². The zero-order valence-corrected chi connectivity index (χ0v) is 9.69. The van der Waals surface area contributed by atoms with Gasteiger partial charge in [0.05, 0.1) is 6.20 Å². The number of hydrogen-bond donors (Lipinski definition) is 0. The number of carbonyl (C=O) groups excluding carboxylic acids is 1. The van der Waals surface area contributed by atoms with E-state index in [0.29, 0.717) is 16.3 Å². The molecule has 2 rings (SSSR count). The van der Waals surface area contributed by atoms with Gasteiger partial charge in [0.25, 0.3) is 0 Å². The molecule has 0 atom stereocenters. The summed E-state index contributed by atoms with van der Waals surface area (Å²) < 4.78 is 1.49. The Morgan fingerprint density at radius 1 is 1.44 bits per heavy atom. The summed E-state index contributed by atoms with van der Waals surface area (Å²) in [5.74, 6) is -0.159. The maximum absolute atomic E-state index is 12.1. The van der Waals surface area contributed by atoms with Crippen molar-refractivity contribution >= 4 is 17.4 Å². The molecule has 0 aliphatic heterocycles. The second-order valence-corrected chi connectivity index (χ2v) is 4.00. The van der Waals surface area contributed by atoms with Crippen molar-refractivity contribution < 1.29 is 4.79 Å². The SMILES string of the molecule is Cc1ccc(Cl)cc1C(=O)c1cn(C)nn1. The molecule has 5 heteroatoms. The van der Waals surface area contributed by atoms with Gasteiger partial charge >= 0.3 is 0 Å². The highest BCUT2D eigenvalue weighted by molar-refractivity contribution is 6.31. The summed E-state index contributed by atoms with van der Waals surface area (Å²) in [4.78, 5) is 12.1. The van der Waals surface area contributed by atoms with Gasteiger partial charge in [-0.05, 0) is 24.6 Å². The number of rotatable bonds is 2. The van der Waals surface area contributed by atoms with Crippen LogP contribution in [-0.2, 0) is 7.05 Å². The Labute approximate surface area is 97.8 Å². The number of carbonyl (C=O) groups is 1. The van der Waals surface area contributed by atoms with Crippen molar-refractivity contribution in [1.29, 1.82) is 0 Å². The molecule has 16 heavy (non-hydrogen) atoms. The van der Waals surface area contributed by atoms with Crippen LogP contribution in [0.3, 0.4) is 0 Å². The third-order valence-corrected chi connectivity index (χ3v) is 2.51. The molecule has 4 nitrogen and oxygen atoms in total. The average Bonchev–Trinajstić information content (AvgIpc) is 2.67. The van der Waals surface area contributed by atoms with Crippen molar-refractivity contribution in [1.82, 2.24) is 15.0 Å². The predicted octanol–water partition coefficient (Wildman–Crippen LogP) is 2.01. The van der Waals surface area contributed by atoms with E-state index in [2.05, 4.69) is 10.3 Å². The van der Waals surface area contributed by atoms with Crippen LogP contribution in [-0.4, -0.2) is 20.8 Å². The molecule has 1 heterocycles. The van der Waals surface area contributed by atoms with Gasteiger partial charge in [-0.2, -0.15) is 0 Å². The lowest BCUT2D eigenvalue weighted by molar-refractivity contribution is 0.103. The first-order valence-corrected chi connectivity index (χ1v) is 5.13. The van der Waals surface area contributed by atoms with E-state index in [1.807, 2.05) is 13.0 Å². The van der Waals surface area contributed by atoms with Crippen LogP contribution in [0.1, 0.15) is 21.6 Å². The lowest BCUT2D eigenvalue weighted by atomic mass is 10.0. The van der Waals surface area contributed by atoms with Crippen molar-refractivity contribution in [2.45, 2.75) is 6.92 Å². The molecule has 0 N–H and O–H groups in total. The monoisotopic (exact) mass is 235 g/mol. The molecule has 0 bridgehead atoms. The van der Waals surface area contributed by atoms with E-state index in [4.69, 9.17) is 11.6 Å². The topological polar surface area (TPSA) is 47.8 Å². The summed E-state index contributed by atoms with van der Waals surface area (Å²) >= 11 is 5.86. The van der Waals surface area contributed by atoms with Crippen LogP contribution in [0, 0.1) is 6.92 Å². The molecule has 2 aromatic rings. The van der Waals surface area contributed by atoms with Gasteiger partial charge < -0.3 is 0 Å². The summed E-state index contributed by atoms with van der Waals surface area (Å²) in [6, 6.07) is 5.21. The Morgan fingerprint density at radius 3 is 2.81 bits per heavy atom. The van der Waals surface area contributed by atoms with E-state index in [0.717, 1.165) is 5.56 Å². The highest BCUT2D eigenvalue weighted by atomic mass is 35.5. The minimum Gasteiger partial charge on any atom is -0.287 e. The van der Waals surface area contributed by atoms with Crippen molar-refractivity contribution in [2.24, 2.45) is 7.05 Å². The number of ketones is 1. The molecule has 0 aliphatic rings. The fourth-order valence-electron chi connectivity index (χ4n) is 1.43. The third-order valence-electron chi connectivity index (χ3n) is 2.28. The minimum absolute atomic E-state index is 0.159. The number of benzene rings is 1. The van der Waals surface area contributed by atoms with E-state index in [9.17, 15) is 4.79 Å². The maximum atomic E-state index is 12.1. The molecule has 1 aromatic carbocycles. The summed E-state index contributed by atoms with van der Waals surface area (Å²) in [5, 5.41) is 8.05.